The lowest BCUT2D eigenvalue weighted by molar-refractivity contribution is -0.134. The van der Waals surface area contributed by atoms with E-state index in [0.29, 0.717) is 49.7 Å². The first kappa shape index (κ1) is 23.2. The van der Waals surface area contributed by atoms with Crippen molar-refractivity contribution in [2.45, 2.75) is 39.4 Å². The number of nitriles is 1. The van der Waals surface area contributed by atoms with Crippen LogP contribution in [0.4, 0.5) is 5.82 Å². The lowest BCUT2D eigenvalue weighted by Crippen LogP contribution is -2.49. The highest BCUT2D eigenvalue weighted by Gasteiger charge is 2.23. The number of piperazine rings is 1. The Labute approximate surface area is 186 Å². The lowest BCUT2D eigenvalue weighted by Gasteiger charge is -2.35. The number of ether oxygens (including phenoxy) is 2. The Bertz CT molecular complexity index is 1010. The van der Waals surface area contributed by atoms with Crippen LogP contribution in [0.5, 0.6) is 5.75 Å². The molecule has 0 bridgehead atoms. The molecule has 32 heavy (non-hydrogen) atoms. The van der Waals surface area contributed by atoms with Crippen LogP contribution >= 0.6 is 0 Å². The monoisotopic (exact) mass is 440 g/mol. The van der Waals surface area contributed by atoms with Gasteiger partial charge >= 0.3 is 0 Å². The summed E-state index contributed by atoms with van der Waals surface area (Å²) in [6.45, 7) is 8.26. The van der Waals surface area contributed by atoms with Crippen molar-refractivity contribution in [3.8, 4) is 11.8 Å². The van der Waals surface area contributed by atoms with E-state index in [1.165, 1.54) is 6.20 Å². The molecule has 3 rings (SSSR count). The number of hydrogen-bond acceptors (Lipinski definition) is 8. The van der Waals surface area contributed by atoms with Crippen molar-refractivity contribution in [3.63, 3.8) is 0 Å². The molecule has 1 N–H and O–H groups in total. The summed E-state index contributed by atoms with van der Waals surface area (Å²) in [4.78, 5) is 32.5. The molecule has 1 saturated heterocycles. The Kier molecular flexibility index (Phi) is 7.78. The third kappa shape index (κ3) is 6.04. The number of aromatic nitrogens is 3. The van der Waals surface area contributed by atoms with E-state index in [4.69, 9.17) is 14.7 Å². The predicted octanol–water partition coefficient (Wildman–Crippen LogP) is 1.26. The maximum absolute atomic E-state index is 12.7. The molecule has 2 aromatic heterocycles. The van der Waals surface area contributed by atoms with Crippen molar-refractivity contribution in [3.05, 3.63) is 46.0 Å². The van der Waals surface area contributed by atoms with Crippen molar-refractivity contribution in [2.75, 3.05) is 37.7 Å². The van der Waals surface area contributed by atoms with Crippen LogP contribution in [-0.2, 0) is 9.53 Å². The summed E-state index contributed by atoms with van der Waals surface area (Å²) < 4.78 is 11.5. The van der Waals surface area contributed by atoms with Gasteiger partial charge in [0.25, 0.3) is 5.56 Å². The Morgan fingerprint density at radius 2 is 1.97 bits per heavy atom. The molecule has 10 heteroatoms. The molecule has 170 valence electrons. The van der Waals surface area contributed by atoms with Gasteiger partial charge in [0, 0.05) is 32.4 Å². The molecule has 2 aromatic rings. The first-order chi connectivity index (χ1) is 15.4. The zero-order valence-corrected chi connectivity index (χ0v) is 18.6. The Morgan fingerprint density at radius 1 is 1.22 bits per heavy atom. The van der Waals surface area contributed by atoms with Crippen LogP contribution in [0.3, 0.4) is 0 Å². The smallest absolute Gasteiger partial charge is 0.270 e. The number of amides is 1. The van der Waals surface area contributed by atoms with Gasteiger partial charge in [0.1, 0.15) is 23.7 Å². The Balaban J connectivity index is 1.40. The molecule has 1 aliphatic heterocycles. The van der Waals surface area contributed by atoms with Crippen LogP contribution in [0.25, 0.3) is 0 Å². The number of pyridine rings is 1. The fourth-order valence-electron chi connectivity index (χ4n) is 3.37. The molecule has 3 heterocycles. The summed E-state index contributed by atoms with van der Waals surface area (Å²) in [6, 6.07) is 5.64. The maximum atomic E-state index is 12.7. The number of carbonyl (C=O) groups is 1. The predicted molar refractivity (Wildman–Crippen MR) is 117 cm³/mol. The standard InChI is InChI=1S/C22H28N6O4/c1-15(31-14-16(2)32-19-13-25-26-22(30)17(19)3)10-21(29)28-8-6-27(7-9-28)20-5-4-18(11-23)12-24-20/h4-5,12-13,15-16H,6-10,14H2,1-3H3,(H,26,30)/t15-,16-/m0/s1. The summed E-state index contributed by atoms with van der Waals surface area (Å²) in [5.41, 5.74) is 0.704. The highest BCUT2D eigenvalue weighted by molar-refractivity contribution is 5.77. The molecule has 10 nitrogen and oxygen atoms in total. The molecular weight excluding hydrogens is 412 g/mol. The number of hydrogen-bond donors (Lipinski definition) is 1. The molecule has 1 fully saturated rings. The van der Waals surface area contributed by atoms with Crippen molar-refractivity contribution in [1.29, 1.82) is 5.26 Å². The van der Waals surface area contributed by atoms with E-state index in [0.717, 1.165) is 5.82 Å². The van der Waals surface area contributed by atoms with Gasteiger partial charge in [-0.3, -0.25) is 9.59 Å². The molecule has 0 spiro atoms. The van der Waals surface area contributed by atoms with Gasteiger partial charge in [-0.1, -0.05) is 0 Å². The van der Waals surface area contributed by atoms with Crippen LogP contribution in [0, 0.1) is 18.3 Å². The van der Waals surface area contributed by atoms with Crippen molar-refractivity contribution < 1.29 is 14.3 Å². The molecule has 0 aliphatic carbocycles. The molecule has 0 aromatic carbocycles. The van der Waals surface area contributed by atoms with Crippen LogP contribution in [0.1, 0.15) is 31.4 Å². The second kappa shape index (κ2) is 10.7. The van der Waals surface area contributed by atoms with Gasteiger partial charge in [0.2, 0.25) is 5.91 Å². The van der Waals surface area contributed by atoms with E-state index in [1.54, 1.807) is 19.2 Å². The van der Waals surface area contributed by atoms with E-state index in [9.17, 15) is 9.59 Å². The van der Waals surface area contributed by atoms with E-state index in [2.05, 4.69) is 26.2 Å². The summed E-state index contributed by atoms with van der Waals surface area (Å²) in [6.07, 6.45) is 2.76. The second-order valence-corrected chi connectivity index (χ2v) is 7.85. The van der Waals surface area contributed by atoms with E-state index >= 15 is 0 Å². The van der Waals surface area contributed by atoms with Gasteiger partial charge in [-0.05, 0) is 32.9 Å². The van der Waals surface area contributed by atoms with E-state index in [1.807, 2.05) is 24.8 Å². The first-order valence-corrected chi connectivity index (χ1v) is 10.6. The number of nitrogens with one attached hydrogen (secondary N) is 1. The topological polar surface area (TPSA) is 124 Å². The molecule has 0 radical (unpaired) electrons. The fourth-order valence-corrected chi connectivity index (χ4v) is 3.37. The summed E-state index contributed by atoms with van der Waals surface area (Å²) >= 11 is 0. The Hall–Kier alpha value is -3.45. The van der Waals surface area contributed by atoms with Gasteiger partial charge in [-0.2, -0.15) is 10.4 Å². The minimum absolute atomic E-state index is 0.0492. The first-order valence-electron chi connectivity index (χ1n) is 10.6. The Morgan fingerprint density at radius 3 is 2.62 bits per heavy atom. The van der Waals surface area contributed by atoms with Crippen molar-refractivity contribution >= 4 is 11.7 Å². The molecular formula is C22H28N6O4. The average Bonchev–Trinajstić information content (AvgIpc) is 2.81. The summed E-state index contributed by atoms with van der Waals surface area (Å²) in [5.74, 6) is 1.28. The zero-order valence-electron chi connectivity index (χ0n) is 18.6. The van der Waals surface area contributed by atoms with Crippen molar-refractivity contribution in [1.82, 2.24) is 20.1 Å². The van der Waals surface area contributed by atoms with Crippen molar-refractivity contribution in [2.24, 2.45) is 0 Å². The number of aromatic amines is 1. The van der Waals surface area contributed by atoms with Gasteiger partial charge in [0.05, 0.1) is 36.5 Å². The minimum atomic E-state index is -0.293. The largest absolute Gasteiger partial charge is 0.486 e. The molecule has 0 saturated carbocycles. The normalized spacial score (nSPS) is 15.7. The van der Waals surface area contributed by atoms with Gasteiger partial charge in [-0.25, -0.2) is 10.1 Å². The molecule has 0 unspecified atom stereocenters. The third-order valence-corrected chi connectivity index (χ3v) is 5.30. The molecule has 1 aliphatic rings. The van der Waals surface area contributed by atoms with Crippen LogP contribution < -0.4 is 15.2 Å². The molecule has 1 amide bonds. The third-order valence-electron chi connectivity index (χ3n) is 5.30. The van der Waals surface area contributed by atoms with Crippen LogP contribution in [-0.4, -0.2) is 71.0 Å². The SMILES string of the molecule is Cc1c(O[C@@H](C)CO[C@@H](C)CC(=O)N2CCN(c3ccc(C#N)cn3)CC2)cn[nH]c1=O. The fraction of sp³-hybridized carbons (Fsp3) is 0.500. The number of carbonyl (C=O) groups excluding carboxylic acids is 1. The lowest BCUT2D eigenvalue weighted by atomic mass is 10.2. The van der Waals surface area contributed by atoms with Gasteiger partial charge < -0.3 is 19.3 Å². The highest BCUT2D eigenvalue weighted by atomic mass is 16.5. The second-order valence-electron chi connectivity index (χ2n) is 7.85. The number of anilines is 1. The quantitative estimate of drug-likeness (QED) is 0.650. The average molecular weight is 441 g/mol. The number of H-pyrrole nitrogens is 1. The van der Waals surface area contributed by atoms with Gasteiger partial charge in [-0.15, -0.1) is 0 Å². The van der Waals surface area contributed by atoms with Gasteiger partial charge in [0.15, 0.2) is 0 Å². The summed E-state index contributed by atoms with van der Waals surface area (Å²) in [7, 11) is 0. The van der Waals surface area contributed by atoms with Crippen LogP contribution in [0.15, 0.2) is 29.3 Å². The molecule has 2 atom stereocenters. The van der Waals surface area contributed by atoms with E-state index < -0.39 is 0 Å². The number of rotatable bonds is 8. The highest BCUT2D eigenvalue weighted by Crippen LogP contribution is 2.16. The summed E-state index contributed by atoms with van der Waals surface area (Å²) in [5, 5.41) is 15.0. The maximum Gasteiger partial charge on any atom is 0.270 e. The van der Waals surface area contributed by atoms with E-state index in [-0.39, 0.29) is 30.1 Å². The zero-order chi connectivity index (χ0) is 23.1. The van der Waals surface area contributed by atoms with Crippen LogP contribution in [0.2, 0.25) is 0 Å². The minimum Gasteiger partial charge on any atom is -0.486 e. The number of nitrogens with zero attached hydrogens (tertiary/aromatic N) is 5.